The number of rotatable bonds is 7. The third-order valence-corrected chi connectivity index (χ3v) is 4.11. The number of hydrogen-bond acceptors (Lipinski definition) is 3. The second-order valence-electron chi connectivity index (χ2n) is 6.18. The zero-order chi connectivity index (χ0) is 15.3. The summed E-state index contributed by atoms with van der Waals surface area (Å²) in [6, 6.07) is 4.91. The molecule has 20 heavy (non-hydrogen) atoms. The van der Waals surface area contributed by atoms with Crippen LogP contribution in [0.1, 0.15) is 34.7 Å². The van der Waals surface area contributed by atoms with Gasteiger partial charge in [-0.15, -0.1) is 0 Å². The Morgan fingerprint density at radius 1 is 0.950 bits per heavy atom. The van der Waals surface area contributed by atoms with Gasteiger partial charge in [0.15, 0.2) is 0 Å². The van der Waals surface area contributed by atoms with Crippen molar-refractivity contribution in [2.24, 2.45) is 5.73 Å². The maximum absolute atomic E-state index is 6.04. The molecule has 1 unspecified atom stereocenters. The Balaban J connectivity index is 2.82. The smallest absolute Gasteiger partial charge is 0.0470 e. The van der Waals surface area contributed by atoms with Gasteiger partial charge in [-0.25, -0.2) is 0 Å². The largest absolute Gasteiger partial charge is 0.329 e. The molecule has 0 radical (unpaired) electrons. The molecule has 2 N–H and O–H groups in total. The van der Waals surface area contributed by atoms with Crippen molar-refractivity contribution in [3.63, 3.8) is 0 Å². The molecule has 0 bridgehead atoms. The summed E-state index contributed by atoms with van der Waals surface area (Å²) < 4.78 is 0. The van der Waals surface area contributed by atoms with Crippen molar-refractivity contribution in [3.8, 4) is 0 Å². The van der Waals surface area contributed by atoms with Crippen LogP contribution in [-0.4, -0.2) is 50.6 Å². The van der Waals surface area contributed by atoms with Gasteiger partial charge in [0.05, 0.1) is 0 Å². The second kappa shape index (κ2) is 7.77. The summed E-state index contributed by atoms with van der Waals surface area (Å²) in [5, 5.41) is 0. The Bertz CT molecular complexity index is 426. The molecule has 0 spiro atoms. The van der Waals surface area contributed by atoms with Crippen molar-refractivity contribution in [1.82, 2.24) is 9.80 Å². The molecule has 0 aromatic heterocycles. The molecule has 114 valence electrons. The van der Waals surface area contributed by atoms with Gasteiger partial charge >= 0.3 is 0 Å². The highest BCUT2D eigenvalue weighted by atomic mass is 15.1. The molecule has 0 aliphatic rings. The van der Waals surface area contributed by atoms with Gasteiger partial charge in [-0.2, -0.15) is 0 Å². The van der Waals surface area contributed by atoms with Crippen LogP contribution >= 0.6 is 0 Å². The van der Waals surface area contributed by atoms with Crippen LogP contribution in [-0.2, 0) is 0 Å². The van der Waals surface area contributed by atoms with Gasteiger partial charge in [-0.05, 0) is 83.7 Å². The van der Waals surface area contributed by atoms with Gasteiger partial charge in [-0.3, -0.25) is 4.90 Å². The van der Waals surface area contributed by atoms with E-state index in [0.29, 0.717) is 12.6 Å². The standard InChI is InChI=1S/C17H31N3/c1-13-10-15(3)16(11-14(13)2)17(12-18)20(6)9-7-8-19(4)5/h10-11,17H,7-9,12,18H2,1-6H3. The van der Waals surface area contributed by atoms with Gasteiger partial charge in [0.1, 0.15) is 0 Å². The van der Waals surface area contributed by atoms with Gasteiger partial charge in [0, 0.05) is 12.6 Å². The Morgan fingerprint density at radius 2 is 1.55 bits per heavy atom. The van der Waals surface area contributed by atoms with Gasteiger partial charge < -0.3 is 10.6 Å². The zero-order valence-electron chi connectivity index (χ0n) is 14.0. The van der Waals surface area contributed by atoms with E-state index in [9.17, 15) is 0 Å². The lowest BCUT2D eigenvalue weighted by Crippen LogP contribution is -2.33. The molecular weight excluding hydrogens is 246 g/mol. The van der Waals surface area contributed by atoms with E-state index in [1.807, 2.05) is 0 Å². The molecule has 0 aliphatic carbocycles. The number of benzene rings is 1. The molecule has 0 fully saturated rings. The molecule has 1 aromatic carbocycles. The van der Waals surface area contributed by atoms with Crippen LogP contribution in [0.4, 0.5) is 0 Å². The van der Waals surface area contributed by atoms with Crippen molar-refractivity contribution >= 4 is 0 Å². The Hall–Kier alpha value is -0.900. The van der Waals surface area contributed by atoms with E-state index in [2.05, 4.69) is 63.8 Å². The average Bonchev–Trinajstić information content (AvgIpc) is 2.36. The van der Waals surface area contributed by atoms with E-state index < -0.39 is 0 Å². The summed E-state index contributed by atoms with van der Waals surface area (Å²) >= 11 is 0. The first-order valence-corrected chi connectivity index (χ1v) is 7.49. The van der Waals surface area contributed by atoms with Gasteiger partial charge in [0.2, 0.25) is 0 Å². The molecule has 0 amide bonds. The Kier molecular flexibility index (Phi) is 6.66. The number of nitrogens with zero attached hydrogens (tertiary/aromatic N) is 2. The van der Waals surface area contributed by atoms with Crippen LogP contribution in [0.25, 0.3) is 0 Å². The number of nitrogens with two attached hydrogens (primary N) is 1. The minimum absolute atomic E-state index is 0.316. The van der Waals surface area contributed by atoms with Crippen LogP contribution in [0, 0.1) is 20.8 Å². The van der Waals surface area contributed by atoms with Crippen LogP contribution < -0.4 is 5.73 Å². The summed E-state index contributed by atoms with van der Waals surface area (Å²) in [5.74, 6) is 0. The van der Waals surface area contributed by atoms with Gasteiger partial charge in [-0.1, -0.05) is 12.1 Å². The molecule has 0 aliphatic heterocycles. The third-order valence-electron chi connectivity index (χ3n) is 4.11. The topological polar surface area (TPSA) is 32.5 Å². The van der Waals surface area contributed by atoms with Crippen LogP contribution in [0.3, 0.4) is 0 Å². The van der Waals surface area contributed by atoms with Crippen molar-refractivity contribution in [3.05, 3.63) is 34.4 Å². The van der Waals surface area contributed by atoms with E-state index in [4.69, 9.17) is 5.73 Å². The van der Waals surface area contributed by atoms with Crippen LogP contribution in [0.15, 0.2) is 12.1 Å². The zero-order valence-corrected chi connectivity index (χ0v) is 14.0. The SMILES string of the molecule is Cc1cc(C)c(C(CN)N(C)CCCN(C)C)cc1C. The highest BCUT2D eigenvalue weighted by Crippen LogP contribution is 2.25. The molecule has 3 nitrogen and oxygen atoms in total. The highest BCUT2D eigenvalue weighted by Gasteiger charge is 2.17. The Morgan fingerprint density at radius 3 is 2.10 bits per heavy atom. The van der Waals surface area contributed by atoms with E-state index in [-0.39, 0.29) is 0 Å². The molecule has 0 heterocycles. The summed E-state index contributed by atoms with van der Waals surface area (Å²) in [6.07, 6.45) is 1.17. The van der Waals surface area contributed by atoms with Crippen LogP contribution in [0.2, 0.25) is 0 Å². The van der Waals surface area contributed by atoms with Crippen molar-refractivity contribution in [1.29, 1.82) is 0 Å². The lowest BCUT2D eigenvalue weighted by Gasteiger charge is -2.29. The number of likely N-dealkylation sites (N-methyl/N-ethyl adjacent to an activating group) is 1. The molecule has 1 atom stereocenters. The first-order valence-electron chi connectivity index (χ1n) is 7.49. The second-order valence-corrected chi connectivity index (χ2v) is 6.18. The number of aryl methyl sites for hydroxylation is 3. The summed E-state index contributed by atoms with van der Waals surface area (Å²) in [4.78, 5) is 4.62. The number of hydrogen-bond donors (Lipinski definition) is 1. The van der Waals surface area contributed by atoms with E-state index >= 15 is 0 Å². The van der Waals surface area contributed by atoms with E-state index in [0.717, 1.165) is 13.1 Å². The minimum atomic E-state index is 0.316. The first kappa shape index (κ1) is 17.2. The van der Waals surface area contributed by atoms with Crippen LogP contribution in [0.5, 0.6) is 0 Å². The molecule has 0 saturated heterocycles. The predicted octanol–water partition coefficient (Wildman–Crippen LogP) is 2.50. The van der Waals surface area contributed by atoms with E-state index in [1.54, 1.807) is 0 Å². The third kappa shape index (κ3) is 4.58. The first-order chi connectivity index (χ1) is 9.36. The van der Waals surface area contributed by atoms with Crippen molar-refractivity contribution in [2.75, 3.05) is 40.8 Å². The van der Waals surface area contributed by atoms with E-state index in [1.165, 1.54) is 28.7 Å². The van der Waals surface area contributed by atoms with Crippen molar-refractivity contribution < 1.29 is 0 Å². The quantitative estimate of drug-likeness (QED) is 0.831. The monoisotopic (exact) mass is 277 g/mol. The Labute approximate surface area is 124 Å². The molecular formula is C17H31N3. The maximum atomic E-state index is 6.04. The highest BCUT2D eigenvalue weighted by molar-refractivity contribution is 5.38. The summed E-state index contributed by atoms with van der Waals surface area (Å²) in [5.41, 5.74) is 11.5. The maximum Gasteiger partial charge on any atom is 0.0470 e. The fourth-order valence-corrected chi connectivity index (χ4v) is 2.68. The molecule has 3 heteroatoms. The fraction of sp³-hybridized carbons (Fsp3) is 0.647. The lowest BCUT2D eigenvalue weighted by atomic mass is 9.95. The summed E-state index contributed by atoms with van der Waals surface area (Å²) in [6.45, 7) is 9.40. The molecule has 1 rings (SSSR count). The molecule has 0 saturated carbocycles. The predicted molar refractivity (Wildman–Crippen MR) is 88.2 cm³/mol. The van der Waals surface area contributed by atoms with Crippen molar-refractivity contribution in [2.45, 2.75) is 33.2 Å². The lowest BCUT2D eigenvalue weighted by molar-refractivity contribution is 0.234. The fourth-order valence-electron chi connectivity index (χ4n) is 2.68. The summed E-state index contributed by atoms with van der Waals surface area (Å²) in [7, 11) is 6.42. The minimum Gasteiger partial charge on any atom is -0.329 e. The molecule has 1 aromatic rings. The normalized spacial score (nSPS) is 13.2. The average molecular weight is 277 g/mol. The van der Waals surface area contributed by atoms with Gasteiger partial charge in [0.25, 0.3) is 0 Å².